The normalized spacial score (nSPS) is 22.8. The molecule has 7 heteroatoms. The SMILES string of the molecule is CC1CCCCC1Cn1c(=O)nc(N(C)C)n(N)c1=O. The van der Waals surface area contributed by atoms with E-state index < -0.39 is 11.4 Å². The summed E-state index contributed by atoms with van der Waals surface area (Å²) >= 11 is 0. The third kappa shape index (κ3) is 2.71. The Hall–Kier alpha value is -1.79. The van der Waals surface area contributed by atoms with Gasteiger partial charge >= 0.3 is 11.4 Å². The molecule has 0 amide bonds. The monoisotopic (exact) mass is 281 g/mol. The number of hydrogen-bond donors (Lipinski definition) is 1. The zero-order chi connectivity index (χ0) is 14.9. The Morgan fingerprint density at radius 3 is 2.55 bits per heavy atom. The average molecular weight is 281 g/mol. The summed E-state index contributed by atoms with van der Waals surface area (Å²) in [6.07, 6.45) is 4.59. The summed E-state index contributed by atoms with van der Waals surface area (Å²) in [6, 6.07) is 0. The minimum absolute atomic E-state index is 0.174. The van der Waals surface area contributed by atoms with Crippen molar-refractivity contribution in [1.29, 1.82) is 0 Å². The van der Waals surface area contributed by atoms with Crippen molar-refractivity contribution in [2.75, 3.05) is 24.8 Å². The number of anilines is 1. The molecule has 0 aliphatic heterocycles. The molecule has 2 atom stereocenters. The molecule has 2 N–H and O–H groups in total. The van der Waals surface area contributed by atoms with E-state index in [1.807, 2.05) is 0 Å². The van der Waals surface area contributed by atoms with Crippen molar-refractivity contribution in [2.45, 2.75) is 39.2 Å². The largest absolute Gasteiger partial charge is 0.355 e. The highest BCUT2D eigenvalue weighted by molar-refractivity contribution is 5.26. The van der Waals surface area contributed by atoms with E-state index in [0.717, 1.165) is 23.9 Å². The fourth-order valence-electron chi connectivity index (χ4n) is 2.87. The van der Waals surface area contributed by atoms with Gasteiger partial charge in [0, 0.05) is 20.6 Å². The van der Waals surface area contributed by atoms with Crippen molar-refractivity contribution < 1.29 is 0 Å². The van der Waals surface area contributed by atoms with Gasteiger partial charge in [0.1, 0.15) is 0 Å². The van der Waals surface area contributed by atoms with Crippen LogP contribution in [0, 0.1) is 11.8 Å². The van der Waals surface area contributed by atoms with Crippen molar-refractivity contribution in [2.24, 2.45) is 11.8 Å². The molecular formula is C13H23N5O2. The highest BCUT2D eigenvalue weighted by atomic mass is 16.2. The number of nitrogen functional groups attached to an aromatic ring is 1. The van der Waals surface area contributed by atoms with Crippen LogP contribution < -0.4 is 22.1 Å². The topological polar surface area (TPSA) is 86.2 Å². The zero-order valence-electron chi connectivity index (χ0n) is 12.4. The summed E-state index contributed by atoms with van der Waals surface area (Å²) in [5, 5.41) is 0. The molecule has 112 valence electrons. The molecule has 0 spiro atoms. The van der Waals surface area contributed by atoms with E-state index >= 15 is 0 Å². The van der Waals surface area contributed by atoms with Gasteiger partial charge in [0.05, 0.1) is 0 Å². The molecule has 2 rings (SSSR count). The first-order valence-corrected chi connectivity index (χ1v) is 7.08. The van der Waals surface area contributed by atoms with E-state index in [9.17, 15) is 9.59 Å². The number of aromatic nitrogens is 3. The van der Waals surface area contributed by atoms with E-state index in [1.54, 1.807) is 19.0 Å². The van der Waals surface area contributed by atoms with Crippen molar-refractivity contribution in [1.82, 2.24) is 14.2 Å². The molecule has 1 saturated carbocycles. The predicted octanol–water partition coefficient (Wildman–Crippen LogP) is 0.0111. The Balaban J connectivity index is 2.35. The first kappa shape index (κ1) is 14.6. The molecule has 1 fully saturated rings. The fraction of sp³-hybridized carbons (Fsp3) is 0.769. The maximum atomic E-state index is 12.2. The summed E-state index contributed by atoms with van der Waals surface area (Å²) in [4.78, 5) is 29.7. The van der Waals surface area contributed by atoms with Gasteiger partial charge in [-0.15, -0.1) is 0 Å². The van der Waals surface area contributed by atoms with Crippen LogP contribution in [0.15, 0.2) is 9.59 Å². The van der Waals surface area contributed by atoms with Crippen LogP contribution in [-0.2, 0) is 6.54 Å². The van der Waals surface area contributed by atoms with Gasteiger partial charge in [0.2, 0.25) is 5.95 Å². The van der Waals surface area contributed by atoms with Crippen LogP contribution in [-0.4, -0.2) is 28.3 Å². The quantitative estimate of drug-likeness (QED) is 0.789. The third-order valence-corrected chi connectivity index (χ3v) is 4.19. The molecule has 1 aromatic heterocycles. The summed E-state index contributed by atoms with van der Waals surface area (Å²) in [5.41, 5.74) is -1.01. The highest BCUT2D eigenvalue weighted by Crippen LogP contribution is 2.30. The lowest BCUT2D eigenvalue weighted by molar-refractivity contribution is 0.222. The molecule has 0 bridgehead atoms. The van der Waals surface area contributed by atoms with Crippen LogP contribution in [0.4, 0.5) is 5.95 Å². The molecule has 1 aromatic rings. The van der Waals surface area contributed by atoms with Crippen molar-refractivity contribution in [3.05, 3.63) is 21.0 Å². The number of rotatable bonds is 3. The molecular weight excluding hydrogens is 258 g/mol. The van der Waals surface area contributed by atoms with Gasteiger partial charge in [-0.05, 0) is 18.3 Å². The molecule has 1 heterocycles. The van der Waals surface area contributed by atoms with E-state index in [2.05, 4.69) is 11.9 Å². The second-order valence-electron chi connectivity index (χ2n) is 5.87. The van der Waals surface area contributed by atoms with Crippen LogP contribution in [0.1, 0.15) is 32.6 Å². The maximum absolute atomic E-state index is 12.2. The van der Waals surface area contributed by atoms with Crippen molar-refractivity contribution >= 4 is 5.95 Å². The van der Waals surface area contributed by atoms with E-state index in [-0.39, 0.29) is 5.95 Å². The van der Waals surface area contributed by atoms with Gasteiger partial charge in [-0.2, -0.15) is 9.66 Å². The Kier molecular flexibility index (Phi) is 4.15. The van der Waals surface area contributed by atoms with Gasteiger partial charge < -0.3 is 10.7 Å². The van der Waals surface area contributed by atoms with E-state index in [4.69, 9.17) is 5.84 Å². The molecule has 0 radical (unpaired) electrons. The van der Waals surface area contributed by atoms with Gasteiger partial charge in [0.25, 0.3) is 0 Å². The van der Waals surface area contributed by atoms with Crippen molar-refractivity contribution in [3.8, 4) is 0 Å². The van der Waals surface area contributed by atoms with Crippen LogP contribution in [0.5, 0.6) is 0 Å². The third-order valence-electron chi connectivity index (χ3n) is 4.19. The van der Waals surface area contributed by atoms with Gasteiger partial charge in [0.15, 0.2) is 0 Å². The predicted molar refractivity (Wildman–Crippen MR) is 78.4 cm³/mol. The Labute approximate surface area is 118 Å². The van der Waals surface area contributed by atoms with Gasteiger partial charge in [-0.3, -0.25) is 0 Å². The lowest BCUT2D eigenvalue weighted by atomic mass is 9.80. The van der Waals surface area contributed by atoms with Crippen LogP contribution in [0.3, 0.4) is 0 Å². The lowest BCUT2D eigenvalue weighted by Gasteiger charge is -2.29. The van der Waals surface area contributed by atoms with Crippen LogP contribution in [0.2, 0.25) is 0 Å². The molecule has 1 aliphatic rings. The second-order valence-corrected chi connectivity index (χ2v) is 5.87. The molecule has 0 saturated heterocycles. The molecule has 2 unspecified atom stereocenters. The minimum Gasteiger partial charge on any atom is -0.347 e. The first-order chi connectivity index (χ1) is 9.41. The summed E-state index contributed by atoms with van der Waals surface area (Å²) in [6.45, 7) is 2.59. The zero-order valence-corrected chi connectivity index (χ0v) is 12.4. The first-order valence-electron chi connectivity index (χ1n) is 7.08. The second kappa shape index (κ2) is 5.68. The highest BCUT2D eigenvalue weighted by Gasteiger charge is 2.24. The van der Waals surface area contributed by atoms with Crippen molar-refractivity contribution in [3.63, 3.8) is 0 Å². The number of hydrogen-bond acceptors (Lipinski definition) is 5. The fourth-order valence-corrected chi connectivity index (χ4v) is 2.87. The summed E-state index contributed by atoms with van der Waals surface area (Å²) in [7, 11) is 3.39. The van der Waals surface area contributed by atoms with E-state index in [1.165, 1.54) is 11.0 Å². The average Bonchev–Trinajstić information content (AvgIpc) is 2.40. The van der Waals surface area contributed by atoms with Crippen LogP contribution >= 0.6 is 0 Å². The molecule has 7 nitrogen and oxygen atoms in total. The Morgan fingerprint density at radius 2 is 1.95 bits per heavy atom. The standard InChI is InChI=1S/C13H23N5O2/c1-9-6-4-5-7-10(9)8-17-12(19)15-11(16(2)3)18(14)13(17)20/h9-10H,4-8,14H2,1-3H3. The maximum Gasteiger partial charge on any atom is 0.355 e. The van der Waals surface area contributed by atoms with Gasteiger partial charge in [-0.1, -0.05) is 26.2 Å². The van der Waals surface area contributed by atoms with E-state index in [0.29, 0.717) is 18.4 Å². The Bertz CT molecular complexity index is 589. The van der Waals surface area contributed by atoms with Crippen LogP contribution in [0.25, 0.3) is 0 Å². The smallest absolute Gasteiger partial charge is 0.347 e. The summed E-state index contributed by atoms with van der Waals surface area (Å²) in [5.74, 6) is 6.78. The number of nitrogens with zero attached hydrogens (tertiary/aromatic N) is 4. The minimum atomic E-state index is -0.516. The Morgan fingerprint density at radius 1 is 1.30 bits per heavy atom. The number of nitrogens with two attached hydrogens (primary N) is 1. The molecule has 20 heavy (non-hydrogen) atoms. The summed E-state index contributed by atoms with van der Waals surface area (Å²) < 4.78 is 2.11. The van der Waals surface area contributed by atoms with Gasteiger partial charge in [-0.25, -0.2) is 14.2 Å². The molecule has 0 aromatic carbocycles. The lowest BCUT2D eigenvalue weighted by Crippen LogP contribution is -2.48. The molecule has 1 aliphatic carbocycles.